The van der Waals surface area contributed by atoms with Crippen molar-refractivity contribution in [1.29, 1.82) is 0 Å². The first-order valence-electron chi connectivity index (χ1n) is 7.27. The molecule has 1 aliphatic carbocycles. The molecule has 0 aromatic heterocycles. The van der Waals surface area contributed by atoms with Gasteiger partial charge in [0, 0.05) is 12.5 Å². The molecule has 0 spiro atoms. The highest BCUT2D eigenvalue weighted by molar-refractivity contribution is 5.81. The molecule has 108 valence electrons. The third-order valence-corrected chi connectivity index (χ3v) is 4.25. The van der Waals surface area contributed by atoms with E-state index >= 15 is 0 Å². The first-order valence-corrected chi connectivity index (χ1v) is 7.27. The van der Waals surface area contributed by atoms with Gasteiger partial charge >= 0.3 is 0 Å². The Morgan fingerprint density at radius 1 is 1.15 bits per heavy atom. The Morgan fingerprint density at radius 2 is 1.90 bits per heavy atom. The minimum atomic E-state index is 0.197. The fourth-order valence-electron chi connectivity index (χ4n) is 3.00. The zero-order chi connectivity index (χ0) is 14.1. The summed E-state index contributed by atoms with van der Waals surface area (Å²) in [6.45, 7) is 0.883. The number of methoxy groups -OCH3 is 2. The van der Waals surface area contributed by atoms with Gasteiger partial charge in [0.25, 0.3) is 0 Å². The van der Waals surface area contributed by atoms with Gasteiger partial charge in [-0.2, -0.15) is 0 Å². The quantitative estimate of drug-likeness (QED) is 0.848. The molecular formula is C16H21NO3. The van der Waals surface area contributed by atoms with Crippen molar-refractivity contribution >= 4 is 5.91 Å². The Bertz CT molecular complexity index is 510. The third-order valence-electron chi connectivity index (χ3n) is 4.25. The summed E-state index contributed by atoms with van der Waals surface area (Å²) in [4.78, 5) is 14.4. The van der Waals surface area contributed by atoms with Gasteiger partial charge in [0.2, 0.25) is 5.91 Å². The lowest BCUT2D eigenvalue weighted by Crippen LogP contribution is -2.31. The lowest BCUT2D eigenvalue weighted by Gasteiger charge is -2.25. The number of likely N-dealkylation sites (tertiary alicyclic amines) is 1. The molecule has 3 rings (SSSR count). The van der Waals surface area contributed by atoms with Gasteiger partial charge in [-0.1, -0.05) is 6.07 Å². The minimum absolute atomic E-state index is 0.197. The lowest BCUT2D eigenvalue weighted by atomic mass is 10.0. The van der Waals surface area contributed by atoms with Crippen LogP contribution >= 0.6 is 0 Å². The first kappa shape index (κ1) is 13.3. The van der Waals surface area contributed by atoms with Gasteiger partial charge in [-0.05, 0) is 43.4 Å². The normalized spacial score (nSPS) is 21.9. The molecule has 1 aromatic carbocycles. The van der Waals surface area contributed by atoms with Crippen molar-refractivity contribution in [1.82, 2.24) is 4.90 Å². The van der Waals surface area contributed by atoms with E-state index in [4.69, 9.17) is 9.47 Å². The summed E-state index contributed by atoms with van der Waals surface area (Å²) in [5.41, 5.74) is 1.15. The average molecular weight is 275 g/mol. The molecule has 2 fully saturated rings. The Hall–Kier alpha value is -1.71. The number of ether oxygens (including phenoxy) is 2. The number of benzene rings is 1. The van der Waals surface area contributed by atoms with Gasteiger partial charge in [0.05, 0.1) is 20.3 Å². The number of hydrogen-bond acceptors (Lipinski definition) is 3. The van der Waals surface area contributed by atoms with E-state index < -0.39 is 0 Å². The molecule has 1 aromatic rings. The summed E-state index contributed by atoms with van der Waals surface area (Å²) in [7, 11) is 3.28. The summed E-state index contributed by atoms with van der Waals surface area (Å²) < 4.78 is 10.6. The van der Waals surface area contributed by atoms with Crippen molar-refractivity contribution in [3.8, 4) is 11.5 Å². The highest BCUT2D eigenvalue weighted by atomic mass is 16.5. The van der Waals surface area contributed by atoms with Gasteiger partial charge in [-0.25, -0.2) is 0 Å². The number of hydrogen-bond donors (Lipinski definition) is 0. The second kappa shape index (κ2) is 5.35. The van der Waals surface area contributed by atoms with Crippen LogP contribution in [0.15, 0.2) is 18.2 Å². The molecule has 1 aliphatic heterocycles. The maximum Gasteiger partial charge on any atom is 0.226 e. The molecule has 4 nitrogen and oxygen atoms in total. The number of carbonyl (C=O) groups is 1. The average Bonchev–Trinajstić information content (AvgIpc) is 3.22. The largest absolute Gasteiger partial charge is 0.493 e. The zero-order valence-electron chi connectivity index (χ0n) is 12.1. The van der Waals surface area contributed by atoms with E-state index in [1.54, 1.807) is 14.2 Å². The van der Waals surface area contributed by atoms with E-state index in [9.17, 15) is 4.79 Å². The molecule has 1 saturated carbocycles. The fraction of sp³-hybridized carbons (Fsp3) is 0.562. The molecule has 0 bridgehead atoms. The molecule has 1 atom stereocenters. The van der Waals surface area contributed by atoms with Crippen LogP contribution in [0.3, 0.4) is 0 Å². The summed E-state index contributed by atoms with van der Waals surface area (Å²) in [5, 5.41) is 0. The summed E-state index contributed by atoms with van der Waals surface area (Å²) in [6.07, 6.45) is 4.24. The van der Waals surface area contributed by atoms with Gasteiger partial charge in [0.15, 0.2) is 11.5 Å². The highest BCUT2D eigenvalue weighted by Crippen LogP contribution is 2.40. The van der Waals surface area contributed by atoms with Crippen molar-refractivity contribution in [3.63, 3.8) is 0 Å². The van der Waals surface area contributed by atoms with E-state index in [0.29, 0.717) is 5.91 Å². The van der Waals surface area contributed by atoms with Crippen molar-refractivity contribution < 1.29 is 14.3 Å². The maximum absolute atomic E-state index is 12.3. The van der Waals surface area contributed by atoms with Crippen LogP contribution in [-0.2, 0) is 4.79 Å². The molecule has 20 heavy (non-hydrogen) atoms. The van der Waals surface area contributed by atoms with E-state index in [1.165, 1.54) is 0 Å². The van der Waals surface area contributed by atoms with E-state index in [0.717, 1.165) is 49.3 Å². The second-order valence-corrected chi connectivity index (χ2v) is 5.58. The van der Waals surface area contributed by atoms with Crippen LogP contribution < -0.4 is 9.47 Å². The predicted molar refractivity (Wildman–Crippen MR) is 76.0 cm³/mol. The van der Waals surface area contributed by atoms with Crippen LogP contribution in [0.5, 0.6) is 11.5 Å². The number of carbonyl (C=O) groups excluding carboxylic acids is 1. The Balaban J connectivity index is 1.85. The summed E-state index contributed by atoms with van der Waals surface area (Å²) in [6, 6.07) is 6.17. The zero-order valence-corrected chi connectivity index (χ0v) is 12.1. The molecule has 2 aliphatic rings. The Morgan fingerprint density at radius 3 is 2.55 bits per heavy atom. The van der Waals surface area contributed by atoms with Crippen molar-refractivity contribution in [2.75, 3.05) is 20.8 Å². The smallest absolute Gasteiger partial charge is 0.226 e. The van der Waals surface area contributed by atoms with E-state index in [-0.39, 0.29) is 12.0 Å². The lowest BCUT2D eigenvalue weighted by molar-refractivity contribution is -0.133. The molecule has 0 N–H and O–H groups in total. The Kier molecular flexibility index (Phi) is 3.55. The first-order chi connectivity index (χ1) is 9.74. The summed E-state index contributed by atoms with van der Waals surface area (Å²) >= 11 is 0. The van der Waals surface area contributed by atoms with Crippen LogP contribution in [0, 0.1) is 5.92 Å². The fourth-order valence-corrected chi connectivity index (χ4v) is 3.00. The third kappa shape index (κ3) is 2.35. The van der Waals surface area contributed by atoms with Crippen LogP contribution in [0.25, 0.3) is 0 Å². The maximum atomic E-state index is 12.3. The van der Waals surface area contributed by atoms with E-state index in [1.807, 2.05) is 18.2 Å². The molecule has 1 amide bonds. The van der Waals surface area contributed by atoms with Crippen molar-refractivity contribution in [3.05, 3.63) is 23.8 Å². The monoisotopic (exact) mass is 275 g/mol. The Labute approximate surface area is 119 Å². The predicted octanol–water partition coefficient (Wildman–Crippen LogP) is 2.78. The topological polar surface area (TPSA) is 38.8 Å². The van der Waals surface area contributed by atoms with Crippen LogP contribution in [0.2, 0.25) is 0 Å². The summed E-state index contributed by atoms with van der Waals surface area (Å²) in [5.74, 6) is 2.09. The van der Waals surface area contributed by atoms with Crippen LogP contribution in [0.1, 0.15) is 37.3 Å². The van der Waals surface area contributed by atoms with Gasteiger partial charge in [-0.15, -0.1) is 0 Å². The number of amides is 1. The molecule has 1 saturated heterocycles. The molecule has 1 unspecified atom stereocenters. The highest BCUT2D eigenvalue weighted by Gasteiger charge is 2.38. The van der Waals surface area contributed by atoms with Gasteiger partial charge < -0.3 is 14.4 Å². The minimum Gasteiger partial charge on any atom is -0.493 e. The van der Waals surface area contributed by atoms with Crippen molar-refractivity contribution in [2.24, 2.45) is 5.92 Å². The number of rotatable bonds is 4. The second-order valence-electron chi connectivity index (χ2n) is 5.58. The molecule has 4 heteroatoms. The standard InChI is InChI=1S/C16H21NO3/c1-19-14-8-7-12(10-15(14)20-2)13-4-3-9-17(13)16(18)11-5-6-11/h7-8,10-11,13H,3-6,9H2,1-2H3. The van der Waals surface area contributed by atoms with Gasteiger partial charge in [0.1, 0.15) is 0 Å². The van der Waals surface area contributed by atoms with E-state index in [2.05, 4.69) is 4.90 Å². The number of nitrogens with zero attached hydrogens (tertiary/aromatic N) is 1. The van der Waals surface area contributed by atoms with Crippen molar-refractivity contribution in [2.45, 2.75) is 31.7 Å². The molecule has 0 radical (unpaired) electrons. The molecular weight excluding hydrogens is 254 g/mol. The van der Waals surface area contributed by atoms with Gasteiger partial charge in [-0.3, -0.25) is 4.79 Å². The van der Waals surface area contributed by atoms with Crippen LogP contribution in [0.4, 0.5) is 0 Å². The molecule has 1 heterocycles. The SMILES string of the molecule is COc1ccc(C2CCCN2C(=O)C2CC2)cc1OC. The van der Waals surface area contributed by atoms with Crippen LogP contribution in [-0.4, -0.2) is 31.6 Å².